The molecule has 0 saturated heterocycles. The Bertz CT molecular complexity index is 576. The number of anilines is 1. The number of aromatic nitrogens is 2. The number of aliphatic carboxylic acids is 1. The first-order chi connectivity index (χ1) is 10.1. The quantitative estimate of drug-likeness (QED) is 0.797. The molecule has 1 heterocycles. The van der Waals surface area contributed by atoms with Crippen LogP contribution in [0.1, 0.15) is 31.3 Å². The zero-order chi connectivity index (χ0) is 16.9. The molecule has 1 aromatic rings. The Morgan fingerprint density at radius 2 is 2.00 bits per heavy atom. The largest absolute Gasteiger partial charge is 0.479 e. The minimum atomic E-state index is -1.13. The van der Waals surface area contributed by atoms with Crippen LogP contribution in [0, 0.1) is 5.41 Å². The Balaban J connectivity index is 2.90. The second-order valence-electron chi connectivity index (χ2n) is 6.15. The van der Waals surface area contributed by atoms with E-state index >= 15 is 0 Å². The van der Waals surface area contributed by atoms with E-state index in [1.54, 1.807) is 25.1 Å². The number of carboxylic acids is 1. The Kier molecular flexibility index (Phi) is 5.62. The minimum Gasteiger partial charge on any atom is -0.479 e. The highest BCUT2D eigenvalue weighted by Crippen LogP contribution is 2.15. The first-order valence-electron chi connectivity index (χ1n) is 6.83. The lowest BCUT2D eigenvalue weighted by Gasteiger charge is -2.15. The van der Waals surface area contributed by atoms with Gasteiger partial charge in [0.2, 0.25) is 5.95 Å². The van der Waals surface area contributed by atoms with Gasteiger partial charge < -0.3 is 15.3 Å². The number of carbonyl (C=O) groups is 2. The molecule has 1 unspecified atom stereocenters. The van der Waals surface area contributed by atoms with E-state index in [-0.39, 0.29) is 11.1 Å². The number of carbonyl (C=O) groups excluding carboxylic acids is 1. The Morgan fingerprint density at radius 1 is 1.36 bits per heavy atom. The van der Waals surface area contributed by atoms with E-state index in [2.05, 4.69) is 15.3 Å². The average molecular weight is 306 g/mol. The normalized spacial score (nSPS) is 13.0. The molecule has 0 aliphatic rings. The van der Waals surface area contributed by atoms with Gasteiger partial charge in [0.1, 0.15) is 11.7 Å². The number of carboxylic acid groups (broad SMARTS) is 1. The van der Waals surface area contributed by atoms with Gasteiger partial charge in [0.15, 0.2) is 0 Å². The molecule has 0 aliphatic heterocycles. The maximum absolute atomic E-state index is 12.1. The van der Waals surface area contributed by atoms with E-state index in [1.807, 2.05) is 20.8 Å². The van der Waals surface area contributed by atoms with Crippen molar-refractivity contribution >= 4 is 17.8 Å². The van der Waals surface area contributed by atoms with E-state index in [0.717, 1.165) is 0 Å². The van der Waals surface area contributed by atoms with Crippen molar-refractivity contribution in [2.75, 3.05) is 19.0 Å². The molecule has 0 aliphatic carbocycles. The molecule has 0 bridgehead atoms. The predicted octanol–water partition coefficient (Wildman–Crippen LogP) is 1.33. The summed E-state index contributed by atoms with van der Waals surface area (Å²) in [4.78, 5) is 33.1. The molecule has 0 radical (unpaired) electrons. The lowest BCUT2D eigenvalue weighted by Crippen LogP contribution is -2.40. The predicted molar refractivity (Wildman–Crippen MR) is 83.8 cm³/mol. The number of nitrogens with zero attached hydrogens (tertiary/aromatic N) is 3. The molecule has 1 rings (SSSR count). The minimum absolute atomic E-state index is 0.120. The Labute approximate surface area is 130 Å². The summed E-state index contributed by atoms with van der Waals surface area (Å²) in [6.07, 6.45) is 4.67. The van der Waals surface area contributed by atoms with Gasteiger partial charge in [-0.05, 0) is 11.5 Å². The highest BCUT2D eigenvalue weighted by atomic mass is 16.4. The molecule has 7 nitrogen and oxygen atoms in total. The monoisotopic (exact) mass is 306 g/mol. The topological polar surface area (TPSA) is 95.4 Å². The Morgan fingerprint density at radius 3 is 2.50 bits per heavy atom. The molecule has 120 valence electrons. The van der Waals surface area contributed by atoms with Crippen LogP contribution in [0.15, 0.2) is 24.4 Å². The summed E-state index contributed by atoms with van der Waals surface area (Å²) < 4.78 is 0. The molecule has 0 aromatic carbocycles. The van der Waals surface area contributed by atoms with E-state index in [0.29, 0.717) is 5.95 Å². The van der Waals surface area contributed by atoms with Crippen molar-refractivity contribution in [1.82, 2.24) is 15.3 Å². The fraction of sp³-hybridized carbons (Fsp3) is 0.467. The van der Waals surface area contributed by atoms with Crippen LogP contribution < -0.4 is 10.2 Å². The molecule has 22 heavy (non-hydrogen) atoms. The van der Waals surface area contributed by atoms with Crippen molar-refractivity contribution in [3.05, 3.63) is 30.1 Å². The second kappa shape index (κ2) is 7.02. The fourth-order valence-corrected chi connectivity index (χ4v) is 1.48. The molecule has 0 saturated carbocycles. The Hall–Kier alpha value is -2.44. The molecule has 1 amide bonds. The maximum atomic E-state index is 12.1. The van der Waals surface area contributed by atoms with Gasteiger partial charge in [-0.2, -0.15) is 0 Å². The van der Waals surface area contributed by atoms with Crippen LogP contribution >= 0.6 is 0 Å². The van der Waals surface area contributed by atoms with E-state index in [9.17, 15) is 14.7 Å². The molecular weight excluding hydrogens is 284 g/mol. The number of amides is 1. The summed E-state index contributed by atoms with van der Waals surface area (Å²) in [6, 6.07) is 0.332. The van der Waals surface area contributed by atoms with Crippen LogP contribution in [0.3, 0.4) is 0 Å². The van der Waals surface area contributed by atoms with Gasteiger partial charge in [0, 0.05) is 20.3 Å². The molecule has 2 N–H and O–H groups in total. The molecule has 1 aromatic heterocycles. The molecule has 1 atom stereocenters. The van der Waals surface area contributed by atoms with Crippen LogP contribution in [0.2, 0.25) is 0 Å². The molecule has 0 fully saturated rings. The van der Waals surface area contributed by atoms with Gasteiger partial charge >= 0.3 is 5.97 Å². The number of nitrogens with one attached hydrogen (secondary N) is 1. The van der Waals surface area contributed by atoms with Crippen molar-refractivity contribution < 1.29 is 14.7 Å². The first-order valence-corrected chi connectivity index (χ1v) is 6.83. The fourth-order valence-electron chi connectivity index (χ4n) is 1.48. The van der Waals surface area contributed by atoms with Crippen LogP contribution in [0.25, 0.3) is 0 Å². The van der Waals surface area contributed by atoms with Gasteiger partial charge in [0.05, 0.1) is 0 Å². The van der Waals surface area contributed by atoms with Crippen LogP contribution in [0.5, 0.6) is 0 Å². The average Bonchev–Trinajstić information content (AvgIpc) is 2.41. The van der Waals surface area contributed by atoms with Crippen molar-refractivity contribution in [1.29, 1.82) is 0 Å². The summed E-state index contributed by atoms with van der Waals surface area (Å²) in [5, 5.41) is 11.6. The van der Waals surface area contributed by atoms with Gasteiger partial charge in [0.25, 0.3) is 5.91 Å². The smallest absolute Gasteiger partial charge is 0.330 e. The summed E-state index contributed by atoms with van der Waals surface area (Å²) in [5.41, 5.74) is -0.0556. The van der Waals surface area contributed by atoms with Crippen molar-refractivity contribution in [3.8, 4) is 0 Å². The lowest BCUT2D eigenvalue weighted by atomic mass is 9.95. The van der Waals surface area contributed by atoms with Gasteiger partial charge in [-0.1, -0.05) is 32.9 Å². The number of hydrogen-bond donors (Lipinski definition) is 2. The van der Waals surface area contributed by atoms with Gasteiger partial charge in [-0.25, -0.2) is 14.8 Å². The maximum Gasteiger partial charge on any atom is 0.330 e. The zero-order valence-corrected chi connectivity index (χ0v) is 13.5. The van der Waals surface area contributed by atoms with Crippen LogP contribution in [-0.2, 0) is 4.79 Å². The third kappa shape index (κ3) is 5.51. The highest BCUT2D eigenvalue weighted by molar-refractivity contribution is 5.95. The number of hydrogen-bond acceptors (Lipinski definition) is 5. The van der Waals surface area contributed by atoms with Crippen LogP contribution in [-0.4, -0.2) is 47.1 Å². The molecule has 0 spiro atoms. The highest BCUT2D eigenvalue weighted by Gasteiger charge is 2.20. The number of allylic oxidation sites excluding steroid dienone is 1. The lowest BCUT2D eigenvalue weighted by molar-refractivity contribution is -0.137. The van der Waals surface area contributed by atoms with Crippen molar-refractivity contribution in [3.63, 3.8) is 0 Å². The summed E-state index contributed by atoms with van der Waals surface area (Å²) >= 11 is 0. The zero-order valence-electron chi connectivity index (χ0n) is 13.5. The summed E-state index contributed by atoms with van der Waals surface area (Å²) in [6.45, 7) is 5.83. The van der Waals surface area contributed by atoms with Gasteiger partial charge in [-0.3, -0.25) is 4.79 Å². The molecule has 7 heteroatoms. The third-order valence-corrected chi connectivity index (χ3v) is 2.62. The standard InChI is InChI=1S/C15H22N4O3/c1-15(2,3)8-6-11(13(21)22)17-12(20)10-7-9-16-14(18-10)19(4)5/h6-9,11H,1-5H3,(H,17,20)(H,21,22)/b8-6+. The SMILES string of the molecule is CN(C)c1nccc(C(=O)NC(/C=C/C(C)(C)C)C(=O)O)n1. The van der Waals surface area contributed by atoms with Crippen molar-refractivity contribution in [2.24, 2.45) is 5.41 Å². The van der Waals surface area contributed by atoms with Crippen molar-refractivity contribution in [2.45, 2.75) is 26.8 Å². The third-order valence-electron chi connectivity index (χ3n) is 2.62. The first kappa shape index (κ1) is 17.6. The van der Waals surface area contributed by atoms with Gasteiger partial charge in [-0.15, -0.1) is 0 Å². The molecular formula is C15H22N4O3. The summed E-state index contributed by atoms with van der Waals surface area (Å²) in [5.74, 6) is -1.31. The van der Waals surface area contributed by atoms with E-state index in [1.165, 1.54) is 18.3 Å². The van der Waals surface area contributed by atoms with E-state index < -0.39 is 17.9 Å². The number of rotatable bonds is 5. The van der Waals surface area contributed by atoms with E-state index in [4.69, 9.17) is 0 Å². The van der Waals surface area contributed by atoms with Crippen LogP contribution in [0.4, 0.5) is 5.95 Å². The second-order valence-corrected chi connectivity index (χ2v) is 6.15. The summed E-state index contributed by atoms with van der Waals surface area (Å²) in [7, 11) is 3.51.